The average Bonchev–Trinajstić information content (AvgIpc) is 2.37. The van der Waals surface area contributed by atoms with Crippen molar-refractivity contribution in [3.05, 3.63) is 24.0 Å². The molecular formula is C12H18N4O2. The number of primary amides is 1. The predicted molar refractivity (Wildman–Crippen MR) is 69.2 cm³/mol. The van der Waals surface area contributed by atoms with Gasteiger partial charge in [-0.1, -0.05) is 0 Å². The van der Waals surface area contributed by atoms with Crippen molar-refractivity contribution in [2.24, 2.45) is 5.73 Å². The Labute approximate surface area is 106 Å². The van der Waals surface area contributed by atoms with Crippen LogP contribution in [0, 0.1) is 0 Å². The largest absolute Gasteiger partial charge is 0.387 e. The van der Waals surface area contributed by atoms with Crippen LogP contribution in [0.2, 0.25) is 0 Å². The number of hydrogen-bond acceptors (Lipinski definition) is 4. The highest BCUT2D eigenvalue weighted by Crippen LogP contribution is 2.11. The molecule has 0 aliphatic rings. The van der Waals surface area contributed by atoms with Gasteiger partial charge in [0.1, 0.15) is 0 Å². The molecule has 1 aromatic heterocycles. The Hall–Kier alpha value is -2.11. The van der Waals surface area contributed by atoms with Crippen molar-refractivity contribution in [3.63, 3.8) is 0 Å². The van der Waals surface area contributed by atoms with E-state index < -0.39 is 0 Å². The second-order valence-electron chi connectivity index (χ2n) is 3.85. The zero-order valence-corrected chi connectivity index (χ0v) is 10.4. The quantitative estimate of drug-likeness (QED) is 0.614. The van der Waals surface area contributed by atoms with Gasteiger partial charge in [0.05, 0.1) is 5.56 Å². The molecule has 0 unspecified atom stereocenters. The van der Waals surface area contributed by atoms with Crippen molar-refractivity contribution in [1.82, 2.24) is 10.3 Å². The summed E-state index contributed by atoms with van der Waals surface area (Å²) in [7, 11) is 1.75. The highest BCUT2D eigenvalue weighted by atomic mass is 16.2. The van der Waals surface area contributed by atoms with E-state index in [9.17, 15) is 9.59 Å². The van der Waals surface area contributed by atoms with Crippen molar-refractivity contribution >= 4 is 17.5 Å². The third-order valence-corrected chi connectivity index (χ3v) is 2.47. The van der Waals surface area contributed by atoms with Gasteiger partial charge in [-0.05, 0) is 18.9 Å². The fourth-order valence-corrected chi connectivity index (χ4v) is 1.51. The first-order chi connectivity index (χ1) is 8.65. The van der Waals surface area contributed by atoms with Gasteiger partial charge in [-0.15, -0.1) is 0 Å². The smallest absolute Gasteiger partial charge is 0.254 e. The molecule has 0 atom stereocenters. The zero-order chi connectivity index (χ0) is 13.4. The van der Waals surface area contributed by atoms with Crippen molar-refractivity contribution in [3.8, 4) is 0 Å². The Bertz CT molecular complexity index is 420. The first kappa shape index (κ1) is 14.0. The van der Waals surface area contributed by atoms with Crippen molar-refractivity contribution < 1.29 is 9.59 Å². The molecule has 1 heterocycles. The highest BCUT2D eigenvalue weighted by Gasteiger charge is 2.09. The number of amides is 2. The lowest BCUT2D eigenvalue weighted by Crippen LogP contribution is -2.25. The van der Waals surface area contributed by atoms with E-state index >= 15 is 0 Å². The first-order valence-electron chi connectivity index (χ1n) is 5.83. The van der Waals surface area contributed by atoms with Crippen LogP contribution in [-0.4, -0.2) is 30.4 Å². The van der Waals surface area contributed by atoms with Gasteiger partial charge in [-0.2, -0.15) is 0 Å². The summed E-state index contributed by atoms with van der Waals surface area (Å²) >= 11 is 0. The predicted octanol–water partition coefficient (Wildman–Crippen LogP) is 0.509. The summed E-state index contributed by atoms with van der Waals surface area (Å²) in [5.74, 6) is -0.488. The Balaban J connectivity index is 2.38. The molecule has 2 amide bonds. The Kier molecular flexibility index (Phi) is 5.63. The van der Waals surface area contributed by atoms with E-state index in [0.29, 0.717) is 24.9 Å². The first-order valence-corrected chi connectivity index (χ1v) is 5.83. The van der Waals surface area contributed by atoms with Gasteiger partial charge in [0.15, 0.2) is 0 Å². The van der Waals surface area contributed by atoms with E-state index in [4.69, 9.17) is 5.73 Å². The van der Waals surface area contributed by atoms with Gasteiger partial charge in [0, 0.05) is 38.1 Å². The van der Waals surface area contributed by atoms with Crippen LogP contribution in [0.3, 0.4) is 0 Å². The highest BCUT2D eigenvalue weighted by molar-refractivity contribution is 5.99. The number of pyridine rings is 1. The number of rotatable bonds is 7. The molecular weight excluding hydrogens is 232 g/mol. The molecule has 0 radical (unpaired) electrons. The number of nitrogens with one attached hydrogen (secondary N) is 2. The number of aromatic nitrogens is 1. The van der Waals surface area contributed by atoms with Crippen LogP contribution < -0.4 is 16.4 Å². The van der Waals surface area contributed by atoms with E-state index in [2.05, 4.69) is 15.6 Å². The number of hydrogen-bond donors (Lipinski definition) is 3. The van der Waals surface area contributed by atoms with Crippen LogP contribution in [0.4, 0.5) is 5.69 Å². The van der Waals surface area contributed by atoms with Crippen molar-refractivity contribution in [2.45, 2.75) is 19.3 Å². The fourth-order valence-electron chi connectivity index (χ4n) is 1.51. The minimum atomic E-state index is -0.314. The fraction of sp³-hybridized carbons (Fsp3) is 0.417. The maximum Gasteiger partial charge on any atom is 0.254 e. The van der Waals surface area contributed by atoms with Crippen LogP contribution >= 0.6 is 0 Å². The number of carbonyl (C=O) groups is 2. The van der Waals surface area contributed by atoms with Crippen molar-refractivity contribution in [1.29, 1.82) is 0 Å². The summed E-state index contributed by atoms with van der Waals surface area (Å²) in [5.41, 5.74) is 6.27. The Morgan fingerprint density at radius 1 is 1.39 bits per heavy atom. The molecule has 98 valence electrons. The maximum absolute atomic E-state index is 11.8. The molecule has 1 aromatic rings. The number of unbranched alkanes of at least 4 members (excludes halogenated alkanes) is 1. The number of nitrogens with two attached hydrogens (primary N) is 1. The van der Waals surface area contributed by atoms with Gasteiger partial charge in [0.25, 0.3) is 5.91 Å². The Morgan fingerprint density at radius 3 is 2.83 bits per heavy atom. The average molecular weight is 250 g/mol. The molecule has 0 saturated carbocycles. The van der Waals surface area contributed by atoms with E-state index in [1.54, 1.807) is 19.3 Å². The van der Waals surface area contributed by atoms with E-state index in [1.165, 1.54) is 6.20 Å². The lowest BCUT2D eigenvalue weighted by atomic mass is 10.2. The molecule has 1 rings (SSSR count). The van der Waals surface area contributed by atoms with Crippen LogP contribution in [0.5, 0.6) is 0 Å². The standard InChI is InChI=1S/C12H18N4O2/c1-14-10-5-7-15-8-9(10)12(18)16-6-3-2-4-11(13)17/h5,7-8H,2-4,6H2,1H3,(H2,13,17)(H,14,15)(H,16,18). The van der Waals surface area contributed by atoms with Gasteiger partial charge in [-0.25, -0.2) is 0 Å². The van der Waals surface area contributed by atoms with Crippen molar-refractivity contribution in [2.75, 3.05) is 18.9 Å². The second kappa shape index (κ2) is 7.26. The third kappa shape index (κ3) is 4.40. The SMILES string of the molecule is CNc1ccncc1C(=O)NCCCCC(N)=O. The second-order valence-corrected chi connectivity index (χ2v) is 3.85. The molecule has 0 aliphatic carbocycles. The van der Waals surface area contributed by atoms with Gasteiger partial charge in [-0.3, -0.25) is 14.6 Å². The number of carbonyl (C=O) groups excluding carboxylic acids is 2. The van der Waals surface area contributed by atoms with Crippen LogP contribution in [0.15, 0.2) is 18.5 Å². The van der Waals surface area contributed by atoms with Gasteiger partial charge >= 0.3 is 0 Å². The molecule has 0 spiro atoms. The molecule has 0 fully saturated rings. The monoisotopic (exact) mass is 250 g/mol. The summed E-state index contributed by atoms with van der Waals surface area (Å²) in [6.07, 6.45) is 4.90. The molecule has 0 bridgehead atoms. The zero-order valence-electron chi connectivity index (χ0n) is 10.4. The summed E-state index contributed by atoms with van der Waals surface area (Å²) < 4.78 is 0. The third-order valence-electron chi connectivity index (χ3n) is 2.47. The number of nitrogens with zero attached hydrogens (tertiary/aromatic N) is 1. The maximum atomic E-state index is 11.8. The molecule has 6 nitrogen and oxygen atoms in total. The number of anilines is 1. The molecule has 18 heavy (non-hydrogen) atoms. The topological polar surface area (TPSA) is 97.1 Å². The summed E-state index contributed by atoms with van der Waals surface area (Å²) in [5, 5.41) is 5.71. The molecule has 4 N–H and O–H groups in total. The summed E-state index contributed by atoms with van der Waals surface area (Å²) in [6.45, 7) is 0.518. The Morgan fingerprint density at radius 2 is 2.17 bits per heavy atom. The molecule has 0 aliphatic heterocycles. The van der Waals surface area contributed by atoms with Gasteiger partial charge in [0.2, 0.25) is 5.91 Å². The van der Waals surface area contributed by atoms with E-state index in [1.807, 2.05) is 0 Å². The van der Waals surface area contributed by atoms with Crippen LogP contribution in [-0.2, 0) is 4.79 Å². The molecule has 0 aromatic carbocycles. The molecule has 0 saturated heterocycles. The van der Waals surface area contributed by atoms with E-state index in [-0.39, 0.29) is 11.8 Å². The van der Waals surface area contributed by atoms with E-state index in [0.717, 1.165) is 12.1 Å². The minimum Gasteiger partial charge on any atom is -0.387 e. The van der Waals surface area contributed by atoms with Gasteiger partial charge < -0.3 is 16.4 Å². The lowest BCUT2D eigenvalue weighted by molar-refractivity contribution is -0.118. The summed E-state index contributed by atoms with van der Waals surface area (Å²) in [6, 6.07) is 1.74. The minimum absolute atomic E-state index is 0.175. The molecule has 6 heteroatoms. The summed E-state index contributed by atoms with van der Waals surface area (Å²) in [4.78, 5) is 26.3. The normalized spacial score (nSPS) is 9.83. The van der Waals surface area contributed by atoms with Crippen LogP contribution in [0.25, 0.3) is 0 Å². The lowest BCUT2D eigenvalue weighted by Gasteiger charge is -2.08. The van der Waals surface area contributed by atoms with Crippen LogP contribution in [0.1, 0.15) is 29.6 Å².